The number of rotatable bonds is 5. The van der Waals surface area contributed by atoms with Crippen LogP contribution in [0, 0.1) is 15.9 Å². The van der Waals surface area contributed by atoms with Gasteiger partial charge >= 0.3 is 5.69 Å². The molecule has 0 radical (unpaired) electrons. The average Bonchev–Trinajstić information content (AvgIpc) is 2.97. The number of hydrogen-bond acceptors (Lipinski definition) is 6. The molecule has 0 fully saturated rings. The molecule has 0 aliphatic carbocycles. The van der Waals surface area contributed by atoms with Crippen LogP contribution in [0.1, 0.15) is 0 Å². The summed E-state index contributed by atoms with van der Waals surface area (Å²) in [5, 5.41) is 13.5. The van der Waals surface area contributed by atoms with Crippen molar-refractivity contribution in [1.82, 2.24) is 4.98 Å². The molecular formula is C15H10FN3O4S. The lowest BCUT2D eigenvalue weighted by atomic mass is 10.2. The SMILES string of the molecule is O=C(CSc1nc2ccccc2o1)Nc1ccc(F)c([N+](=O)[O-])c1. The van der Waals surface area contributed by atoms with Gasteiger partial charge in [0.2, 0.25) is 11.7 Å². The number of thioether (sulfide) groups is 1. The number of carbonyl (C=O) groups excluding carboxylic acids is 1. The Morgan fingerprint density at radius 1 is 1.33 bits per heavy atom. The maximum absolute atomic E-state index is 13.2. The van der Waals surface area contributed by atoms with Crippen LogP contribution in [0.3, 0.4) is 0 Å². The minimum absolute atomic E-state index is 0.00199. The molecule has 0 unspecified atom stereocenters. The van der Waals surface area contributed by atoms with Crippen LogP contribution < -0.4 is 5.32 Å². The zero-order valence-electron chi connectivity index (χ0n) is 12.1. The highest BCUT2D eigenvalue weighted by atomic mass is 32.2. The molecule has 122 valence electrons. The van der Waals surface area contributed by atoms with Crippen molar-refractivity contribution in [2.75, 3.05) is 11.1 Å². The van der Waals surface area contributed by atoms with E-state index in [4.69, 9.17) is 4.42 Å². The Morgan fingerprint density at radius 3 is 2.88 bits per heavy atom. The van der Waals surface area contributed by atoms with Crippen LogP contribution in [0.5, 0.6) is 0 Å². The van der Waals surface area contributed by atoms with Crippen molar-refractivity contribution in [2.45, 2.75) is 5.22 Å². The summed E-state index contributed by atoms with van der Waals surface area (Å²) in [5.41, 5.74) is 0.759. The standard InChI is InChI=1S/C15H10FN3O4S/c16-10-6-5-9(7-12(10)19(21)22)17-14(20)8-24-15-18-11-3-1-2-4-13(11)23-15/h1-7H,8H2,(H,17,20). The van der Waals surface area contributed by atoms with E-state index < -0.39 is 22.3 Å². The molecule has 1 aromatic heterocycles. The van der Waals surface area contributed by atoms with Gasteiger partial charge in [0.1, 0.15) is 5.52 Å². The predicted octanol–water partition coefficient (Wildman–Crippen LogP) is 3.61. The van der Waals surface area contributed by atoms with Crippen molar-refractivity contribution < 1.29 is 18.5 Å². The number of aromatic nitrogens is 1. The number of nitrogens with zero attached hydrogens (tertiary/aromatic N) is 2. The van der Waals surface area contributed by atoms with Gasteiger partial charge in [-0.3, -0.25) is 14.9 Å². The molecule has 3 rings (SSSR count). The monoisotopic (exact) mass is 347 g/mol. The van der Waals surface area contributed by atoms with Gasteiger partial charge in [0, 0.05) is 11.8 Å². The summed E-state index contributed by atoms with van der Waals surface area (Å²) in [6, 6.07) is 10.4. The highest BCUT2D eigenvalue weighted by molar-refractivity contribution is 7.99. The van der Waals surface area contributed by atoms with Gasteiger partial charge in [0.05, 0.1) is 10.7 Å². The molecule has 24 heavy (non-hydrogen) atoms. The van der Waals surface area contributed by atoms with E-state index in [1.54, 1.807) is 12.1 Å². The lowest BCUT2D eigenvalue weighted by molar-refractivity contribution is -0.387. The van der Waals surface area contributed by atoms with Gasteiger partial charge in [0.15, 0.2) is 5.58 Å². The lowest BCUT2D eigenvalue weighted by Crippen LogP contribution is -2.14. The summed E-state index contributed by atoms with van der Waals surface area (Å²) < 4.78 is 18.7. The second-order valence-electron chi connectivity index (χ2n) is 4.71. The number of hydrogen-bond donors (Lipinski definition) is 1. The van der Waals surface area contributed by atoms with Gasteiger partial charge in [-0.1, -0.05) is 23.9 Å². The third-order valence-electron chi connectivity index (χ3n) is 3.03. The molecule has 1 heterocycles. The molecule has 0 bridgehead atoms. The Kier molecular flexibility index (Phi) is 4.43. The van der Waals surface area contributed by atoms with E-state index in [2.05, 4.69) is 10.3 Å². The minimum Gasteiger partial charge on any atom is -0.431 e. The van der Waals surface area contributed by atoms with E-state index >= 15 is 0 Å². The van der Waals surface area contributed by atoms with Gasteiger partial charge in [0.25, 0.3) is 5.22 Å². The highest BCUT2D eigenvalue weighted by Gasteiger charge is 2.16. The molecule has 0 spiro atoms. The number of fused-ring (bicyclic) bond motifs is 1. The number of nitro groups is 1. The average molecular weight is 347 g/mol. The van der Waals surface area contributed by atoms with E-state index in [1.165, 1.54) is 6.07 Å². The van der Waals surface area contributed by atoms with Crippen molar-refractivity contribution >= 4 is 40.1 Å². The number of oxazole rings is 1. The number of carbonyl (C=O) groups is 1. The molecule has 9 heteroatoms. The van der Waals surface area contributed by atoms with Crippen molar-refractivity contribution in [3.8, 4) is 0 Å². The fraction of sp³-hybridized carbons (Fsp3) is 0.0667. The third-order valence-corrected chi connectivity index (χ3v) is 3.86. The van der Waals surface area contributed by atoms with Crippen LogP contribution in [-0.2, 0) is 4.79 Å². The number of nitro benzene ring substituents is 1. The van der Waals surface area contributed by atoms with Gasteiger partial charge in [-0.2, -0.15) is 4.39 Å². The highest BCUT2D eigenvalue weighted by Crippen LogP contribution is 2.24. The fourth-order valence-corrected chi connectivity index (χ4v) is 2.61. The van der Waals surface area contributed by atoms with E-state index in [0.29, 0.717) is 16.3 Å². The second kappa shape index (κ2) is 6.67. The van der Waals surface area contributed by atoms with E-state index in [1.807, 2.05) is 12.1 Å². The fourth-order valence-electron chi connectivity index (χ4n) is 1.97. The topological polar surface area (TPSA) is 98.3 Å². The van der Waals surface area contributed by atoms with Crippen molar-refractivity contribution in [3.05, 3.63) is 58.4 Å². The van der Waals surface area contributed by atoms with E-state index in [9.17, 15) is 19.3 Å². The predicted molar refractivity (Wildman–Crippen MR) is 86.4 cm³/mol. The summed E-state index contributed by atoms with van der Waals surface area (Å²) in [6.45, 7) is 0. The van der Waals surface area contributed by atoms with Crippen LogP contribution in [0.4, 0.5) is 15.8 Å². The van der Waals surface area contributed by atoms with Gasteiger partial charge in [-0.15, -0.1) is 0 Å². The summed E-state index contributed by atoms with van der Waals surface area (Å²) in [4.78, 5) is 26.0. The zero-order chi connectivity index (χ0) is 17.1. The van der Waals surface area contributed by atoms with E-state index in [0.717, 1.165) is 23.9 Å². The first-order chi connectivity index (χ1) is 11.5. The molecule has 0 saturated carbocycles. The maximum Gasteiger partial charge on any atom is 0.306 e. The van der Waals surface area contributed by atoms with Crippen LogP contribution in [-0.4, -0.2) is 21.6 Å². The number of amides is 1. The van der Waals surface area contributed by atoms with Crippen LogP contribution in [0.2, 0.25) is 0 Å². The van der Waals surface area contributed by atoms with Gasteiger partial charge in [-0.05, 0) is 24.3 Å². The Labute approximate surface area is 139 Å². The molecule has 0 aliphatic rings. The van der Waals surface area contributed by atoms with Gasteiger partial charge in [-0.25, -0.2) is 4.98 Å². The molecule has 0 saturated heterocycles. The van der Waals surface area contributed by atoms with Crippen molar-refractivity contribution in [2.24, 2.45) is 0 Å². The molecule has 2 aromatic carbocycles. The first-order valence-corrected chi connectivity index (χ1v) is 7.73. The summed E-state index contributed by atoms with van der Waals surface area (Å²) in [7, 11) is 0. The lowest BCUT2D eigenvalue weighted by Gasteiger charge is -2.04. The summed E-state index contributed by atoms with van der Waals surface area (Å²) in [5.74, 6) is -1.38. The number of nitrogens with one attached hydrogen (secondary N) is 1. The normalized spacial score (nSPS) is 10.7. The Morgan fingerprint density at radius 2 is 2.12 bits per heavy atom. The number of halogens is 1. The molecule has 0 aliphatic heterocycles. The minimum atomic E-state index is -0.959. The first kappa shape index (κ1) is 15.9. The van der Waals surface area contributed by atoms with Gasteiger partial charge < -0.3 is 9.73 Å². The number of para-hydroxylation sites is 2. The molecule has 0 atom stereocenters. The summed E-state index contributed by atoms with van der Waals surface area (Å²) in [6.07, 6.45) is 0. The number of anilines is 1. The molecule has 7 nitrogen and oxygen atoms in total. The third kappa shape index (κ3) is 3.51. The first-order valence-electron chi connectivity index (χ1n) is 6.75. The Balaban J connectivity index is 1.63. The Hall–Kier alpha value is -2.94. The largest absolute Gasteiger partial charge is 0.431 e. The molecular weight excluding hydrogens is 337 g/mol. The quantitative estimate of drug-likeness (QED) is 0.430. The Bertz CT molecular complexity index is 895. The van der Waals surface area contributed by atoms with Crippen molar-refractivity contribution in [3.63, 3.8) is 0 Å². The van der Waals surface area contributed by atoms with E-state index in [-0.39, 0.29) is 11.4 Å². The maximum atomic E-state index is 13.2. The summed E-state index contributed by atoms with van der Waals surface area (Å²) >= 11 is 1.09. The molecule has 3 aromatic rings. The van der Waals surface area contributed by atoms with Crippen LogP contribution in [0.25, 0.3) is 11.1 Å². The van der Waals surface area contributed by atoms with Crippen molar-refractivity contribution in [1.29, 1.82) is 0 Å². The zero-order valence-corrected chi connectivity index (χ0v) is 12.9. The smallest absolute Gasteiger partial charge is 0.306 e. The van der Waals surface area contributed by atoms with Crippen LogP contribution >= 0.6 is 11.8 Å². The molecule has 1 N–H and O–H groups in total. The second-order valence-corrected chi connectivity index (χ2v) is 5.63. The molecule has 1 amide bonds. The number of benzene rings is 2. The van der Waals surface area contributed by atoms with Crippen LogP contribution in [0.15, 0.2) is 52.1 Å².